The molecule has 0 aliphatic rings. The summed E-state index contributed by atoms with van der Waals surface area (Å²) >= 11 is 6.19. The molecule has 1 aromatic heterocycles. The summed E-state index contributed by atoms with van der Waals surface area (Å²) in [7, 11) is 0. The summed E-state index contributed by atoms with van der Waals surface area (Å²) < 4.78 is 39.9. The van der Waals surface area contributed by atoms with Crippen LogP contribution in [0.1, 0.15) is 21.5 Å². The second kappa shape index (κ2) is 6.27. The maximum Gasteiger partial charge on any atom is 0.417 e. The van der Waals surface area contributed by atoms with Gasteiger partial charge in [-0.05, 0) is 45.8 Å². The minimum absolute atomic E-state index is 0.142. The first-order valence-corrected chi connectivity index (χ1v) is 7.35. The summed E-state index contributed by atoms with van der Waals surface area (Å²) in [5, 5.41) is 0. The summed E-state index contributed by atoms with van der Waals surface area (Å²) in [6.07, 6.45) is -1.73. The van der Waals surface area contributed by atoms with E-state index >= 15 is 0 Å². The van der Waals surface area contributed by atoms with Crippen LogP contribution in [-0.2, 0) is 12.6 Å². The summed E-state index contributed by atoms with van der Waals surface area (Å²) in [5.74, 6) is -0.602. The first-order chi connectivity index (χ1) is 9.77. The van der Waals surface area contributed by atoms with Crippen LogP contribution in [0, 0.1) is 0 Å². The average Bonchev–Trinajstić information content (AvgIpc) is 2.37. The van der Waals surface area contributed by atoms with Gasteiger partial charge in [0.1, 0.15) is 0 Å². The second-order valence-electron chi connectivity index (χ2n) is 4.30. The number of nitrogens with zero attached hydrogens (tertiary/aromatic N) is 1. The fourth-order valence-electron chi connectivity index (χ4n) is 1.83. The first-order valence-electron chi connectivity index (χ1n) is 5.77. The van der Waals surface area contributed by atoms with Gasteiger partial charge in [-0.2, -0.15) is 13.2 Å². The molecular weight excluding hydrogens is 415 g/mol. The smallest absolute Gasteiger partial charge is 0.294 e. The van der Waals surface area contributed by atoms with Gasteiger partial charge in [0.05, 0.1) is 5.56 Å². The normalized spacial score (nSPS) is 11.5. The van der Waals surface area contributed by atoms with E-state index in [1.807, 2.05) is 0 Å². The van der Waals surface area contributed by atoms with E-state index in [1.54, 1.807) is 6.07 Å². The third-order valence-electron chi connectivity index (χ3n) is 2.71. The van der Waals surface area contributed by atoms with E-state index in [-0.39, 0.29) is 16.5 Å². The Labute approximate surface area is 135 Å². The van der Waals surface area contributed by atoms with Crippen molar-refractivity contribution < 1.29 is 18.0 Å². The molecule has 0 amide bonds. The molecule has 1 heterocycles. The Morgan fingerprint density at radius 3 is 2.43 bits per heavy atom. The van der Waals surface area contributed by atoms with Gasteiger partial charge in [-0.15, -0.1) is 0 Å². The molecule has 110 valence electrons. The lowest BCUT2D eigenvalue weighted by Crippen LogP contribution is -2.14. The monoisotopic (exact) mass is 421 g/mol. The lowest BCUT2D eigenvalue weighted by atomic mass is 9.99. The number of rotatable bonds is 3. The molecule has 2 nitrogen and oxygen atoms in total. The molecule has 0 saturated heterocycles. The molecule has 0 unspecified atom stereocenters. The Hall–Kier alpha value is -1.21. The van der Waals surface area contributed by atoms with Crippen molar-refractivity contribution in [3.63, 3.8) is 0 Å². The van der Waals surface area contributed by atoms with E-state index in [1.165, 1.54) is 24.5 Å². The van der Waals surface area contributed by atoms with Crippen molar-refractivity contribution >= 4 is 37.6 Å². The van der Waals surface area contributed by atoms with Crippen molar-refractivity contribution in [2.24, 2.45) is 0 Å². The maximum atomic E-state index is 13.0. The number of hydrogen-bond acceptors (Lipinski definition) is 2. The summed E-state index contributed by atoms with van der Waals surface area (Å²) in [6.45, 7) is 0. The van der Waals surface area contributed by atoms with E-state index in [0.29, 0.717) is 10.0 Å². The van der Waals surface area contributed by atoms with Crippen molar-refractivity contribution in [3.05, 3.63) is 62.3 Å². The molecule has 21 heavy (non-hydrogen) atoms. The van der Waals surface area contributed by atoms with Gasteiger partial charge in [0.15, 0.2) is 5.78 Å². The molecule has 0 fully saturated rings. The number of halogens is 5. The molecule has 2 rings (SSSR count). The molecule has 0 radical (unpaired) electrons. The molecular formula is C14H8Br2F3NO. The maximum absolute atomic E-state index is 13.0. The molecule has 7 heteroatoms. The minimum Gasteiger partial charge on any atom is -0.294 e. The Morgan fingerprint density at radius 1 is 1.10 bits per heavy atom. The fourth-order valence-corrected chi connectivity index (χ4v) is 2.60. The Balaban J connectivity index is 2.35. The number of ketones is 1. The predicted octanol–water partition coefficient (Wildman–Crippen LogP) is 5.05. The van der Waals surface area contributed by atoms with Crippen LogP contribution in [0.25, 0.3) is 0 Å². The lowest BCUT2D eigenvalue weighted by Gasteiger charge is -2.12. The van der Waals surface area contributed by atoms with Crippen LogP contribution in [0.2, 0.25) is 0 Å². The molecule has 0 saturated carbocycles. The number of carbonyl (C=O) groups is 1. The third-order valence-corrected chi connectivity index (χ3v) is 3.64. The number of alkyl halides is 3. The van der Waals surface area contributed by atoms with Gasteiger partial charge >= 0.3 is 6.18 Å². The van der Waals surface area contributed by atoms with Crippen molar-refractivity contribution in [1.29, 1.82) is 0 Å². The quantitative estimate of drug-likeness (QED) is 0.647. The molecule has 0 spiro atoms. The third kappa shape index (κ3) is 4.14. The van der Waals surface area contributed by atoms with Crippen LogP contribution in [0.15, 0.2) is 45.6 Å². The van der Waals surface area contributed by atoms with Gasteiger partial charge < -0.3 is 0 Å². The lowest BCUT2D eigenvalue weighted by molar-refractivity contribution is -0.138. The molecule has 0 bridgehead atoms. The number of hydrogen-bond donors (Lipinski definition) is 0. The predicted molar refractivity (Wildman–Crippen MR) is 79.1 cm³/mol. The topological polar surface area (TPSA) is 30.0 Å². The molecule has 1 aromatic carbocycles. The molecule has 0 N–H and O–H groups in total. The highest BCUT2D eigenvalue weighted by atomic mass is 79.9. The minimum atomic E-state index is -4.58. The van der Waals surface area contributed by atoms with Gasteiger partial charge in [0.2, 0.25) is 0 Å². The van der Waals surface area contributed by atoms with Crippen molar-refractivity contribution in [1.82, 2.24) is 4.98 Å². The first kappa shape index (κ1) is 16.2. The largest absolute Gasteiger partial charge is 0.417 e. The van der Waals surface area contributed by atoms with E-state index in [0.717, 1.165) is 6.07 Å². The number of benzene rings is 1. The van der Waals surface area contributed by atoms with Gasteiger partial charge in [-0.25, -0.2) is 0 Å². The van der Waals surface area contributed by atoms with E-state index in [4.69, 9.17) is 0 Å². The molecule has 0 atom stereocenters. The number of carbonyl (C=O) groups excluding carboxylic acids is 1. The Morgan fingerprint density at radius 2 is 1.81 bits per heavy atom. The fraction of sp³-hybridized carbons (Fsp3) is 0.143. The van der Waals surface area contributed by atoms with Gasteiger partial charge in [0, 0.05) is 33.3 Å². The van der Waals surface area contributed by atoms with E-state index in [2.05, 4.69) is 36.8 Å². The zero-order valence-corrected chi connectivity index (χ0v) is 13.6. The van der Waals surface area contributed by atoms with Gasteiger partial charge in [-0.3, -0.25) is 9.78 Å². The van der Waals surface area contributed by atoms with Crippen LogP contribution in [0.4, 0.5) is 13.2 Å². The summed E-state index contributed by atoms with van der Waals surface area (Å²) in [6, 6.07) is 5.16. The van der Waals surface area contributed by atoms with E-state index in [9.17, 15) is 18.0 Å². The highest BCUT2D eigenvalue weighted by Gasteiger charge is 2.35. The zero-order valence-electron chi connectivity index (χ0n) is 10.4. The number of Topliss-reactive ketones (excluding diaryl/α,β-unsaturated/α-hetero) is 1. The number of aromatic nitrogens is 1. The highest BCUT2D eigenvalue weighted by Crippen LogP contribution is 2.34. The summed E-state index contributed by atoms with van der Waals surface area (Å²) in [5.41, 5.74) is -0.735. The van der Waals surface area contributed by atoms with E-state index < -0.39 is 17.5 Å². The standard InChI is InChI=1S/C14H8Br2F3NO/c15-9-1-2-11(12(5-9)14(17,18)19)13(21)4-8-3-10(16)7-20-6-8/h1-3,5-7H,4H2. The van der Waals surface area contributed by atoms with Crippen LogP contribution in [0.3, 0.4) is 0 Å². The van der Waals surface area contributed by atoms with Crippen LogP contribution in [0.5, 0.6) is 0 Å². The molecule has 0 aliphatic carbocycles. The molecule has 2 aromatic rings. The molecule has 0 aliphatic heterocycles. The highest BCUT2D eigenvalue weighted by molar-refractivity contribution is 9.10. The Bertz CT molecular complexity index is 686. The van der Waals surface area contributed by atoms with Gasteiger partial charge in [-0.1, -0.05) is 15.9 Å². The van der Waals surface area contributed by atoms with Crippen molar-refractivity contribution in [2.45, 2.75) is 12.6 Å². The summed E-state index contributed by atoms with van der Waals surface area (Å²) in [4.78, 5) is 16.0. The van der Waals surface area contributed by atoms with Crippen LogP contribution < -0.4 is 0 Å². The SMILES string of the molecule is O=C(Cc1cncc(Br)c1)c1ccc(Br)cc1C(F)(F)F. The van der Waals surface area contributed by atoms with Crippen molar-refractivity contribution in [2.75, 3.05) is 0 Å². The van der Waals surface area contributed by atoms with Gasteiger partial charge in [0.25, 0.3) is 0 Å². The second-order valence-corrected chi connectivity index (χ2v) is 6.13. The number of pyridine rings is 1. The average molecular weight is 423 g/mol. The van der Waals surface area contributed by atoms with Crippen LogP contribution >= 0.6 is 31.9 Å². The zero-order chi connectivity index (χ0) is 15.6. The van der Waals surface area contributed by atoms with Crippen molar-refractivity contribution in [3.8, 4) is 0 Å². The van der Waals surface area contributed by atoms with Crippen LogP contribution in [-0.4, -0.2) is 10.8 Å². The Kier molecular flexibility index (Phi) is 4.83.